The Morgan fingerprint density at radius 1 is 1.33 bits per heavy atom. The van der Waals surface area contributed by atoms with Gasteiger partial charge in [-0.1, -0.05) is 42.9 Å². The van der Waals surface area contributed by atoms with Crippen molar-refractivity contribution >= 4 is 28.4 Å². The number of rotatable bonds is 6. The third kappa shape index (κ3) is 2.96. The molecule has 0 aliphatic carbocycles. The van der Waals surface area contributed by atoms with Gasteiger partial charge in [0.1, 0.15) is 0 Å². The monoisotopic (exact) mass is 260 g/mol. The number of benzene rings is 1. The first kappa shape index (κ1) is 12.8. The van der Waals surface area contributed by atoms with Gasteiger partial charge >= 0.3 is 0 Å². The summed E-state index contributed by atoms with van der Waals surface area (Å²) in [6.07, 6.45) is 4.72. The van der Waals surface area contributed by atoms with Crippen LogP contribution in [0, 0.1) is 0 Å². The number of aromatic nitrogens is 1. The third-order valence-corrected chi connectivity index (χ3v) is 3.61. The predicted molar refractivity (Wildman–Crippen MR) is 75.9 cm³/mol. The van der Waals surface area contributed by atoms with Gasteiger partial charge < -0.3 is 4.90 Å². The molecule has 0 aliphatic heterocycles. The van der Waals surface area contributed by atoms with Crippen molar-refractivity contribution < 1.29 is 4.79 Å². The second-order valence-corrected chi connectivity index (χ2v) is 5.04. The molecule has 0 radical (unpaired) electrons. The van der Waals surface area contributed by atoms with Gasteiger partial charge in [-0.05, 0) is 18.6 Å². The van der Waals surface area contributed by atoms with Crippen molar-refractivity contribution in [3.05, 3.63) is 41.4 Å². The van der Waals surface area contributed by atoms with Gasteiger partial charge in [-0.15, -0.1) is 0 Å². The third-order valence-electron chi connectivity index (χ3n) is 2.66. The molecule has 1 aromatic carbocycles. The second-order valence-electron chi connectivity index (χ2n) is 4.00. The predicted octanol–water partition coefficient (Wildman–Crippen LogP) is 3.89. The quantitative estimate of drug-likeness (QED) is 0.739. The lowest BCUT2D eigenvalue weighted by Crippen LogP contribution is -2.17. The summed E-state index contributed by atoms with van der Waals surface area (Å²) in [6.45, 7) is 3.09. The Bertz CT molecular complexity index is 496. The first-order chi connectivity index (χ1) is 8.85. The molecule has 0 aliphatic rings. The summed E-state index contributed by atoms with van der Waals surface area (Å²) in [7, 11) is 0. The van der Waals surface area contributed by atoms with Crippen molar-refractivity contribution in [3.63, 3.8) is 0 Å². The highest BCUT2D eigenvalue weighted by molar-refractivity contribution is 7.17. The summed E-state index contributed by atoms with van der Waals surface area (Å²) >= 11 is 1.43. The summed E-state index contributed by atoms with van der Waals surface area (Å²) in [5.74, 6) is 0. The van der Waals surface area contributed by atoms with Crippen molar-refractivity contribution in [2.45, 2.75) is 19.8 Å². The highest BCUT2D eigenvalue weighted by atomic mass is 32.1. The number of para-hydroxylation sites is 1. The molecule has 0 fully saturated rings. The molecular formula is C14H16N2OS. The van der Waals surface area contributed by atoms with Gasteiger partial charge in [-0.2, -0.15) is 0 Å². The van der Waals surface area contributed by atoms with Crippen molar-refractivity contribution in [1.29, 1.82) is 0 Å². The van der Waals surface area contributed by atoms with Crippen molar-refractivity contribution in [2.75, 3.05) is 11.4 Å². The Hall–Kier alpha value is -1.68. The first-order valence-electron chi connectivity index (χ1n) is 6.08. The van der Waals surface area contributed by atoms with E-state index in [1.807, 2.05) is 18.2 Å². The molecule has 0 unspecified atom stereocenters. The molecule has 0 bridgehead atoms. The van der Waals surface area contributed by atoms with Crippen molar-refractivity contribution in [1.82, 2.24) is 4.98 Å². The molecule has 0 saturated heterocycles. The molecule has 0 amide bonds. The fourth-order valence-corrected chi connectivity index (χ4v) is 2.49. The van der Waals surface area contributed by atoms with Gasteiger partial charge in [-0.3, -0.25) is 4.79 Å². The number of thiazole rings is 1. The molecule has 2 rings (SSSR count). The maximum Gasteiger partial charge on any atom is 0.190 e. The summed E-state index contributed by atoms with van der Waals surface area (Å²) < 4.78 is 0. The van der Waals surface area contributed by atoms with E-state index in [1.54, 1.807) is 6.20 Å². The van der Waals surface area contributed by atoms with Gasteiger partial charge in [0.2, 0.25) is 0 Å². The van der Waals surface area contributed by atoms with E-state index < -0.39 is 0 Å². The molecule has 3 nitrogen and oxygen atoms in total. The van der Waals surface area contributed by atoms with Crippen LogP contribution >= 0.6 is 11.3 Å². The lowest BCUT2D eigenvalue weighted by molar-refractivity contribution is 0.112. The van der Waals surface area contributed by atoms with Gasteiger partial charge in [0.25, 0.3) is 0 Å². The number of aldehydes is 1. The van der Waals surface area contributed by atoms with Crippen LogP contribution in [0.4, 0.5) is 10.8 Å². The number of nitrogens with zero attached hydrogens (tertiary/aromatic N) is 2. The van der Waals surface area contributed by atoms with Crippen LogP contribution in [0.5, 0.6) is 0 Å². The first-order valence-corrected chi connectivity index (χ1v) is 6.90. The highest BCUT2D eigenvalue weighted by Gasteiger charge is 2.12. The lowest BCUT2D eigenvalue weighted by Gasteiger charge is -2.21. The van der Waals surface area contributed by atoms with Crippen LogP contribution in [-0.4, -0.2) is 17.8 Å². The Morgan fingerprint density at radius 2 is 2.11 bits per heavy atom. The van der Waals surface area contributed by atoms with E-state index in [0.717, 1.165) is 36.5 Å². The second kappa shape index (κ2) is 6.31. The van der Waals surface area contributed by atoms with E-state index in [-0.39, 0.29) is 0 Å². The standard InChI is InChI=1S/C14H16N2OS/c1-2-3-9-16(12-7-5-4-6-8-12)14-15-10-13(11-17)18-14/h4-8,10-11H,2-3,9H2,1H3. The average Bonchev–Trinajstić information content (AvgIpc) is 2.89. The number of unbranched alkanes of at least 4 members (excludes halogenated alkanes) is 1. The van der Waals surface area contributed by atoms with Crippen molar-refractivity contribution in [2.24, 2.45) is 0 Å². The van der Waals surface area contributed by atoms with E-state index in [2.05, 4.69) is 28.9 Å². The Labute approximate surface area is 111 Å². The van der Waals surface area contributed by atoms with Crippen LogP contribution < -0.4 is 4.90 Å². The maximum atomic E-state index is 10.7. The minimum absolute atomic E-state index is 0.669. The molecule has 0 spiro atoms. The molecule has 94 valence electrons. The van der Waals surface area contributed by atoms with Crippen LogP contribution in [0.15, 0.2) is 36.5 Å². The maximum absolute atomic E-state index is 10.7. The minimum Gasteiger partial charge on any atom is -0.318 e. The molecule has 0 atom stereocenters. The molecule has 4 heteroatoms. The molecular weight excluding hydrogens is 244 g/mol. The molecule has 18 heavy (non-hydrogen) atoms. The fourth-order valence-electron chi connectivity index (χ4n) is 1.72. The van der Waals surface area contributed by atoms with Crippen LogP contribution in [0.1, 0.15) is 29.4 Å². The van der Waals surface area contributed by atoms with Crippen molar-refractivity contribution in [3.8, 4) is 0 Å². The van der Waals surface area contributed by atoms with Crippen LogP contribution in [0.3, 0.4) is 0 Å². The van der Waals surface area contributed by atoms with Gasteiger partial charge in [0, 0.05) is 12.2 Å². The van der Waals surface area contributed by atoms with E-state index in [0.29, 0.717) is 4.88 Å². The molecule has 2 aromatic rings. The molecule has 0 N–H and O–H groups in total. The van der Waals surface area contributed by atoms with Gasteiger partial charge in [0.15, 0.2) is 11.4 Å². The van der Waals surface area contributed by atoms with Gasteiger partial charge in [0.05, 0.1) is 11.1 Å². The zero-order valence-electron chi connectivity index (χ0n) is 10.4. The lowest BCUT2D eigenvalue weighted by atomic mass is 10.2. The average molecular weight is 260 g/mol. The summed E-state index contributed by atoms with van der Waals surface area (Å²) in [5.41, 5.74) is 1.12. The summed E-state index contributed by atoms with van der Waals surface area (Å²) in [6, 6.07) is 10.2. The minimum atomic E-state index is 0.669. The van der Waals surface area contributed by atoms with E-state index in [4.69, 9.17) is 0 Å². The number of carbonyl (C=O) groups excluding carboxylic acids is 1. The van der Waals surface area contributed by atoms with E-state index in [1.165, 1.54) is 11.3 Å². The normalized spacial score (nSPS) is 10.3. The largest absolute Gasteiger partial charge is 0.318 e. The molecule has 1 aromatic heterocycles. The fraction of sp³-hybridized carbons (Fsp3) is 0.286. The number of anilines is 2. The number of hydrogen-bond donors (Lipinski definition) is 0. The van der Waals surface area contributed by atoms with Crippen LogP contribution in [0.25, 0.3) is 0 Å². The number of carbonyl (C=O) groups is 1. The SMILES string of the molecule is CCCCN(c1ccccc1)c1ncc(C=O)s1. The molecule has 1 heterocycles. The smallest absolute Gasteiger partial charge is 0.190 e. The summed E-state index contributed by atoms with van der Waals surface area (Å²) in [4.78, 5) is 17.9. The highest BCUT2D eigenvalue weighted by Crippen LogP contribution is 2.29. The summed E-state index contributed by atoms with van der Waals surface area (Å²) in [5, 5.41) is 0.886. The number of hydrogen-bond acceptors (Lipinski definition) is 4. The van der Waals surface area contributed by atoms with Crippen LogP contribution in [0.2, 0.25) is 0 Å². The topological polar surface area (TPSA) is 33.2 Å². The van der Waals surface area contributed by atoms with E-state index in [9.17, 15) is 4.79 Å². The van der Waals surface area contributed by atoms with E-state index >= 15 is 0 Å². The van der Waals surface area contributed by atoms with Crippen LogP contribution in [-0.2, 0) is 0 Å². The zero-order valence-corrected chi connectivity index (χ0v) is 11.2. The Kier molecular flexibility index (Phi) is 4.47. The zero-order chi connectivity index (χ0) is 12.8. The Balaban J connectivity index is 2.27. The Morgan fingerprint density at radius 3 is 2.72 bits per heavy atom. The van der Waals surface area contributed by atoms with Gasteiger partial charge in [-0.25, -0.2) is 4.98 Å². The molecule has 0 saturated carbocycles.